The van der Waals surface area contributed by atoms with Crippen LogP contribution in [0.1, 0.15) is 71.6 Å². The zero-order chi connectivity index (χ0) is 13.0. The monoisotopic (exact) mass is 252 g/mol. The van der Waals surface area contributed by atoms with Crippen molar-refractivity contribution in [3.05, 3.63) is 0 Å². The lowest BCUT2D eigenvalue weighted by Crippen LogP contribution is -2.46. The number of hydrogen-bond acceptors (Lipinski definition) is 2. The molecule has 106 valence electrons. The van der Waals surface area contributed by atoms with Gasteiger partial charge in [-0.05, 0) is 51.0 Å². The number of rotatable bonds is 4. The summed E-state index contributed by atoms with van der Waals surface area (Å²) in [4.78, 5) is 2.79. The van der Waals surface area contributed by atoms with Crippen LogP contribution in [0, 0.1) is 5.41 Å². The van der Waals surface area contributed by atoms with Gasteiger partial charge in [-0.25, -0.2) is 0 Å². The molecule has 1 aliphatic heterocycles. The summed E-state index contributed by atoms with van der Waals surface area (Å²) in [5.41, 5.74) is 6.62. The highest BCUT2D eigenvalue weighted by atomic mass is 15.2. The third-order valence-corrected chi connectivity index (χ3v) is 5.54. The number of likely N-dealkylation sites (tertiary alicyclic amines) is 1. The van der Waals surface area contributed by atoms with Crippen molar-refractivity contribution in [2.45, 2.75) is 83.7 Å². The Hall–Kier alpha value is -0.0800. The predicted octanol–water partition coefficient (Wildman–Crippen LogP) is 3.55. The van der Waals surface area contributed by atoms with Crippen LogP contribution < -0.4 is 5.73 Å². The average molecular weight is 252 g/mol. The van der Waals surface area contributed by atoms with E-state index in [9.17, 15) is 0 Å². The van der Waals surface area contributed by atoms with Gasteiger partial charge in [-0.1, -0.05) is 32.6 Å². The van der Waals surface area contributed by atoms with E-state index in [2.05, 4.69) is 18.7 Å². The molecule has 2 heteroatoms. The molecule has 0 radical (unpaired) electrons. The predicted molar refractivity (Wildman–Crippen MR) is 78.7 cm³/mol. The average Bonchev–Trinajstić information content (AvgIpc) is 2.61. The van der Waals surface area contributed by atoms with E-state index in [1.54, 1.807) is 0 Å². The van der Waals surface area contributed by atoms with Gasteiger partial charge in [0.1, 0.15) is 0 Å². The molecular weight excluding hydrogens is 220 g/mol. The van der Waals surface area contributed by atoms with Crippen LogP contribution in [0.2, 0.25) is 0 Å². The molecule has 2 N–H and O–H groups in total. The van der Waals surface area contributed by atoms with E-state index in [1.807, 2.05) is 0 Å². The summed E-state index contributed by atoms with van der Waals surface area (Å²) in [6, 6.07) is 1.60. The standard InChI is InChI=1S/C16H32N2/c1-3-15-9-8-14(2)18(15)13-16(12-17)10-6-4-5-7-11-16/h14-15H,3-13,17H2,1-2H3. The van der Waals surface area contributed by atoms with Crippen LogP contribution in [0.4, 0.5) is 0 Å². The summed E-state index contributed by atoms with van der Waals surface area (Å²) in [5, 5.41) is 0. The molecule has 2 fully saturated rings. The van der Waals surface area contributed by atoms with Crippen LogP contribution in [0.25, 0.3) is 0 Å². The quantitative estimate of drug-likeness (QED) is 0.775. The first-order valence-corrected chi connectivity index (χ1v) is 8.16. The van der Waals surface area contributed by atoms with Crippen molar-refractivity contribution < 1.29 is 0 Å². The fourth-order valence-corrected chi connectivity index (χ4v) is 4.14. The third kappa shape index (κ3) is 3.08. The van der Waals surface area contributed by atoms with Crippen LogP contribution in [-0.2, 0) is 0 Å². The van der Waals surface area contributed by atoms with E-state index >= 15 is 0 Å². The fraction of sp³-hybridized carbons (Fsp3) is 1.00. The van der Waals surface area contributed by atoms with E-state index in [0.29, 0.717) is 5.41 Å². The smallest absolute Gasteiger partial charge is 0.00962 e. The fourth-order valence-electron chi connectivity index (χ4n) is 4.14. The summed E-state index contributed by atoms with van der Waals surface area (Å²) >= 11 is 0. The van der Waals surface area contributed by atoms with Gasteiger partial charge < -0.3 is 5.73 Å². The summed E-state index contributed by atoms with van der Waals surface area (Å²) in [5.74, 6) is 0. The lowest BCUT2D eigenvalue weighted by Gasteiger charge is -2.40. The van der Waals surface area contributed by atoms with Gasteiger partial charge in [0.25, 0.3) is 0 Å². The minimum atomic E-state index is 0.433. The number of hydrogen-bond donors (Lipinski definition) is 1. The van der Waals surface area contributed by atoms with Gasteiger partial charge in [-0.15, -0.1) is 0 Å². The van der Waals surface area contributed by atoms with Crippen molar-refractivity contribution in [1.82, 2.24) is 4.90 Å². The molecular formula is C16H32N2. The molecule has 2 nitrogen and oxygen atoms in total. The summed E-state index contributed by atoms with van der Waals surface area (Å²) in [6.45, 7) is 6.92. The lowest BCUT2D eigenvalue weighted by molar-refractivity contribution is 0.0981. The Morgan fingerprint density at radius 3 is 2.33 bits per heavy atom. The zero-order valence-electron chi connectivity index (χ0n) is 12.5. The maximum absolute atomic E-state index is 6.19. The maximum atomic E-state index is 6.19. The Balaban J connectivity index is 2.03. The molecule has 0 spiro atoms. The molecule has 0 aromatic heterocycles. The Kier molecular flexibility index (Phi) is 5.08. The van der Waals surface area contributed by atoms with Crippen molar-refractivity contribution in [1.29, 1.82) is 0 Å². The molecule has 2 rings (SSSR count). The molecule has 0 amide bonds. The van der Waals surface area contributed by atoms with E-state index in [1.165, 1.54) is 64.3 Å². The van der Waals surface area contributed by atoms with Gasteiger partial charge in [-0.2, -0.15) is 0 Å². The van der Waals surface area contributed by atoms with E-state index in [4.69, 9.17) is 5.73 Å². The van der Waals surface area contributed by atoms with Crippen molar-refractivity contribution in [2.24, 2.45) is 11.1 Å². The van der Waals surface area contributed by atoms with Gasteiger partial charge in [0.05, 0.1) is 0 Å². The van der Waals surface area contributed by atoms with Gasteiger partial charge in [0.2, 0.25) is 0 Å². The Morgan fingerprint density at radius 1 is 1.11 bits per heavy atom. The minimum Gasteiger partial charge on any atom is -0.330 e. The van der Waals surface area contributed by atoms with Crippen LogP contribution in [0.5, 0.6) is 0 Å². The first-order chi connectivity index (χ1) is 8.71. The van der Waals surface area contributed by atoms with Crippen molar-refractivity contribution >= 4 is 0 Å². The van der Waals surface area contributed by atoms with E-state index < -0.39 is 0 Å². The normalized spacial score (nSPS) is 33.5. The molecule has 2 unspecified atom stereocenters. The molecule has 1 aliphatic carbocycles. The summed E-state index contributed by atoms with van der Waals surface area (Å²) in [7, 11) is 0. The van der Waals surface area contributed by atoms with Gasteiger partial charge in [-0.3, -0.25) is 4.90 Å². The zero-order valence-corrected chi connectivity index (χ0v) is 12.5. The van der Waals surface area contributed by atoms with Crippen LogP contribution >= 0.6 is 0 Å². The molecule has 2 aliphatic rings. The maximum Gasteiger partial charge on any atom is 0.00962 e. The molecule has 18 heavy (non-hydrogen) atoms. The molecule has 2 atom stereocenters. The Labute approximate surface area is 113 Å². The summed E-state index contributed by atoms with van der Waals surface area (Å²) in [6.07, 6.45) is 12.5. The second-order valence-electron chi connectivity index (χ2n) is 6.78. The number of nitrogens with zero attached hydrogens (tertiary/aromatic N) is 1. The Bertz CT molecular complexity index is 243. The van der Waals surface area contributed by atoms with Gasteiger partial charge >= 0.3 is 0 Å². The molecule has 1 heterocycles. The number of nitrogens with two attached hydrogens (primary N) is 1. The van der Waals surface area contributed by atoms with Crippen LogP contribution in [-0.4, -0.2) is 30.1 Å². The highest BCUT2D eigenvalue weighted by Crippen LogP contribution is 2.38. The van der Waals surface area contributed by atoms with Crippen LogP contribution in [0.3, 0.4) is 0 Å². The second kappa shape index (κ2) is 6.38. The Morgan fingerprint density at radius 2 is 1.78 bits per heavy atom. The molecule has 0 bridgehead atoms. The molecule has 0 aromatic carbocycles. The second-order valence-corrected chi connectivity index (χ2v) is 6.78. The van der Waals surface area contributed by atoms with Gasteiger partial charge in [0.15, 0.2) is 0 Å². The molecule has 1 saturated heterocycles. The lowest BCUT2D eigenvalue weighted by atomic mass is 9.79. The minimum absolute atomic E-state index is 0.433. The van der Waals surface area contributed by atoms with E-state index in [-0.39, 0.29) is 0 Å². The highest BCUT2D eigenvalue weighted by Gasteiger charge is 2.37. The van der Waals surface area contributed by atoms with Crippen molar-refractivity contribution in [2.75, 3.05) is 13.1 Å². The first-order valence-electron chi connectivity index (χ1n) is 8.16. The van der Waals surface area contributed by atoms with Gasteiger partial charge in [0, 0.05) is 18.6 Å². The summed E-state index contributed by atoms with van der Waals surface area (Å²) < 4.78 is 0. The molecule has 1 saturated carbocycles. The van der Waals surface area contributed by atoms with Crippen molar-refractivity contribution in [3.8, 4) is 0 Å². The highest BCUT2D eigenvalue weighted by molar-refractivity contribution is 4.92. The first kappa shape index (κ1) is 14.3. The van der Waals surface area contributed by atoms with Crippen LogP contribution in [0.15, 0.2) is 0 Å². The largest absolute Gasteiger partial charge is 0.330 e. The van der Waals surface area contributed by atoms with Crippen molar-refractivity contribution in [3.63, 3.8) is 0 Å². The third-order valence-electron chi connectivity index (χ3n) is 5.54. The SMILES string of the molecule is CCC1CCC(C)N1CC1(CN)CCCCCC1. The van der Waals surface area contributed by atoms with E-state index in [0.717, 1.165) is 18.6 Å². The molecule has 0 aromatic rings. The topological polar surface area (TPSA) is 29.3 Å².